The van der Waals surface area contributed by atoms with E-state index in [0.29, 0.717) is 0 Å². The number of carbonyl (C=O) groups is 2. The van der Waals surface area contributed by atoms with Gasteiger partial charge in [0.15, 0.2) is 0 Å². The highest BCUT2D eigenvalue weighted by molar-refractivity contribution is 7.10. The first-order valence-electron chi connectivity index (χ1n) is 8.44. The number of para-hydroxylation sites is 2. The number of alkyl halides is 3. The minimum Gasteiger partial charge on any atom is -0.321 e. The van der Waals surface area contributed by atoms with Gasteiger partial charge in [-0.25, -0.2) is 0 Å². The molecule has 2 N–H and O–H groups in total. The number of thiophene rings is 1. The summed E-state index contributed by atoms with van der Waals surface area (Å²) in [5.41, 5.74) is -1.07. The van der Waals surface area contributed by atoms with Crippen LogP contribution in [0.3, 0.4) is 0 Å². The van der Waals surface area contributed by atoms with Gasteiger partial charge in [-0.05, 0) is 41.8 Å². The molecule has 0 saturated heterocycles. The molecule has 3 rings (SSSR count). The maximum Gasteiger partial charge on any atom is 0.417 e. The molecule has 3 aromatic rings. The van der Waals surface area contributed by atoms with Crippen molar-refractivity contribution in [1.29, 1.82) is 0 Å². The molecule has 8 heteroatoms. The number of hydrogen-bond donors (Lipinski definition) is 2. The lowest BCUT2D eigenvalue weighted by Gasteiger charge is -2.14. The normalized spacial score (nSPS) is 11.4. The molecule has 1 heterocycles. The van der Waals surface area contributed by atoms with Gasteiger partial charge in [-0.2, -0.15) is 13.2 Å². The van der Waals surface area contributed by atoms with E-state index < -0.39 is 29.1 Å². The van der Waals surface area contributed by atoms with Gasteiger partial charge in [0, 0.05) is 11.0 Å². The number of hydrogen-bond acceptors (Lipinski definition) is 3. The van der Waals surface area contributed by atoms with Crippen LogP contribution in [-0.4, -0.2) is 11.8 Å². The van der Waals surface area contributed by atoms with Gasteiger partial charge in [0.2, 0.25) is 5.91 Å². The summed E-state index contributed by atoms with van der Waals surface area (Å²) in [6.45, 7) is 0. The molecule has 0 bridgehead atoms. The Hall–Kier alpha value is -3.39. The summed E-state index contributed by atoms with van der Waals surface area (Å²) in [7, 11) is 0. The number of rotatable bonds is 5. The molecule has 0 aliphatic carbocycles. The number of carbonyl (C=O) groups excluding carboxylic acids is 2. The minimum absolute atomic E-state index is 0.187. The van der Waals surface area contributed by atoms with Crippen LogP contribution in [0.15, 0.2) is 72.1 Å². The van der Waals surface area contributed by atoms with Gasteiger partial charge >= 0.3 is 6.18 Å². The second-order valence-corrected chi connectivity index (χ2v) is 6.86. The molecular weight excluding hydrogens is 401 g/mol. The fourth-order valence-electron chi connectivity index (χ4n) is 2.54. The highest BCUT2D eigenvalue weighted by Gasteiger charge is 2.34. The van der Waals surface area contributed by atoms with Gasteiger partial charge in [-0.15, -0.1) is 11.3 Å². The fourth-order valence-corrected chi connectivity index (χ4v) is 3.16. The van der Waals surface area contributed by atoms with E-state index in [4.69, 9.17) is 0 Å². The van der Waals surface area contributed by atoms with Crippen LogP contribution < -0.4 is 10.6 Å². The third-order valence-corrected chi connectivity index (χ3v) is 4.69. The first kappa shape index (κ1) is 20.3. The lowest BCUT2D eigenvalue weighted by atomic mass is 10.1. The molecule has 4 nitrogen and oxygen atoms in total. The van der Waals surface area contributed by atoms with Gasteiger partial charge < -0.3 is 10.6 Å². The number of halogens is 3. The SMILES string of the molecule is O=C(/C=C/c1cccs1)Nc1ccccc1NC(=O)c1ccccc1C(F)(F)F. The molecule has 0 radical (unpaired) electrons. The minimum atomic E-state index is -4.66. The summed E-state index contributed by atoms with van der Waals surface area (Å²) in [4.78, 5) is 25.5. The maximum absolute atomic E-state index is 13.2. The van der Waals surface area contributed by atoms with Gasteiger partial charge in [-0.3, -0.25) is 9.59 Å². The van der Waals surface area contributed by atoms with Crippen LogP contribution in [0.2, 0.25) is 0 Å². The molecule has 0 fully saturated rings. The van der Waals surface area contributed by atoms with Crippen molar-refractivity contribution in [3.05, 3.63) is 88.1 Å². The Morgan fingerprint density at radius 3 is 2.17 bits per heavy atom. The lowest BCUT2D eigenvalue weighted by molar-refractivity contribution is -0.137. The molecule has 0 spiro atoms. The molecule has 1 aromatic heterocycles. The van der Waals surface area contributed by atoms with Crippen LogP contribution in [-0.2, 0) is 11.0 Å². The molecule has 0 unspecified atom stereocenters. The predicted molar refractivity (Wildman–Crippen MR) is 108 cm³/mol. The molecule has 2 amide bonds. The Kier molecular flexibility index (Phi) is 6.13. The highest BCUT2D eigenvalue weighted by atomic mass is 32.1. The standard InChI is InChI=1S/C21H15F3N2O2S/c22-21(23,24)16-8-2-1-7-15(16)20(28)26-18-10-4-3-9-17(18)25-19(27)12-11-14-6-5-13-29-14/h1-13H,(H,25,27)(H,26,28)/b12-11+. The molecular formula is C21H15F3N2O2S. The van der Waals surface area contributed by atoms with Crippen molar-refractivity contribution in [2.24, 2.45) is 0 Å². The number of benzene rings is 2. The van der Waals surface area contributed by atoms with Crippen LogP contribution in [0.4, 0.5) is 24.5 Å². The Balaban J connectivity index is 1.78. The largest absolute Gasteiger partial charge is 0.417 e. The van der Waals surface area contributed by atoms with E-state index in [0.717, 1.165) is 17.0 Å². The highest BCUT2D eigenvalue weighted by Crippen LogP contribution is 2.32. The third kappa shape index (κ3) is 5.32. The van der Waals surface area contributed by atoms with Crippen molar-refractivity contribution in [3.63, 3.8) is 0 Å². The third-order valence-electron chi connectivity index (χ3n) is 3.85. The monoisotopic (exact) mass is 416 g/mol. The molecule has 0 atom stereocenters. The summed E-state index contributed by atoms with van der Waals surface area (Å²) in [6.07, 6.45) is -1.68. The Morgan fingerprint density at radius 2 is 1.52 bits per heavy atom. The fraction of sp³-hybridized carbons (Fsp3) is 0.0476. The van der Waals surface area contributed by atoms with Crippen molar-refractivity contribution >= 4 is 40.6 Å². The van der Waals surface area contributed by atoms with E-state index >= 15 is 0 Å². The first-order chi connectivity index (χ1) is 13.8. The summed E-state index contributed by atoms with van der Waals surface area (Å²) in [5, 5.41) is 6.93. The van der Waals surface area contributed by atoms with Crippen LogP contribution in [0, 0.1) is 0 Å². The zero-order valence-corrected chi connectivity index (χ0v) is 15.7. The van der Waals surface area contributed by atoms with Crippen molar-refractivity contribution in [2.45, 2.75) is 6.18 Å². The van der Waals surface area contributed by atoms with Crippen LogP contribution in [0.25, 0.3) is 6.08 Å². The number of nitrogens with one attached hydrogen (secondary N) is 2. The average molecular weight is 416 g/mol. The first-order valence-corrected chi connectivity index (χ1v) is 9.32. The molecule has 29 heavy (non-hydrogen) atoms. The second-order valence-electron chi connectivity index (χ2n) is 5.88. The van der Waals surface area contributed by atoms with Gasteiger partial charge in [0.1, 0.15) is 0 Å². The van der Waals surface area contributed by atoms with E-state index in [1.165, 1.54) is 35.6 Å². The Morgan fingerprint density at radius 1 is 0.862 bits per heavy atom. The summed E-state index contributed by atoms with van der Waals surface area (Å²) in [5.74, 6) is -1.36. The zero-order valence-electron chi connectivity index (χ0n) is 14.9. The molecule has 0 saturated carbocycles. The van der Waals surface area contributed by atoms with Crippen molar-refractivity contribution in [2.75, 3.05) is 10.6 Å². The maximum atomic E-state index is 13.2. The van der Waals surface area contributed by atoms with Crippen LogP contribution in [0.5, 0.6) is 0 Å². The lowest BCUT2D eigenvalue weighted by Crippen LogP contribution is -2.19. The number of amides is 2. The van der Waals surface area contributed by atoms with Gasteiger partial charge in [0.05, 0.1) is 22.5 Å². The van der Waals surface area contributed by atoms with Gasteiger partial charge in [-0.1, -0.05) is 30.3 Å². The predicted octanol–water partition coefficient (Wildman–Crippen LogP) is 5.67. The topological polar surface area (TPSA) is 58.2 Å². The molecule has 0 aliphatic heterocycles. The van der Waals surface area contributed by atoms with E-state index in [9.17, 15) is 22.8 Å². The smallest absolute Gasteiger partial charge is 0.321 e. The summed E-state index contributed by atoms with van der Waals surface area (Å²) in [6, 6.07) is 14.5. The average Bonchev–Trinajstić information content (AvgIpc) is 3.21. The van der Waals surface area contributed by atoms with E-state index in [1.807, 2.05) is 17.5 Å². The number of anilines is 2. The molecule has 0 aliphatic rings. The van der Waals surface area contributed by atoms with E-state index in [-0.39, 0.29) is 11.4 Å². The van der Waals surface area contributed by atoms with E-state index in [1.54, 1.807) is 24.3 Å². The quantitative estimate of drug-likeness (QED) is 0.527. The van der Waals surface area contributed by atoms with Crippen LogP contribution in [0.1, 0.15) is 20.8 Å². The molecule has 2 aromatic carbocycles. The van der Waals surface area contributed by atoms with Crippen molar-refractivity contribution < 1.29 is 22.8 Å². The van der Waals surface area contributed by atoms with Crippen molar-refractivity contribution in [1.82, 2.24) is 0 Å². The van der Waals surface area contributed by atoms with Gasteiger partial charge in [0.25, 0.3) is 5.91 Å². The van der Waals surface area contributed by atoms with Crippen molar-refractivity contribution in [3.8, 4) is 0 Å². The second kappa shape index (κ2) is 8.74. The Labute approximate surface area is 168 Å². The zero-order chi connectivity index (χ0) is 20.9. The summed E-state index contributed by atoms with van der Waals surface area (Å²) < 4.78 is 39.5. The summed E-state index contributed by atoms with van der Waals surface area (Å²) >= 11 is 1.47. The van der Waals surface area contributed by atoms with Crippen LogP contribution >= 0.6 is 11.3 Å². The van der Waals surface area contributed by atoms with E-state index in [2.05, 4.69) is 10.6 Å². The Bertz CT molecular complexity index is 1040. The molecule has 148 valence electrons.